The number of ether oxygens (including phenoxy) is 2. The highest BCUT2D eigenvalue weighted by atomic mass is 16.5. The van der Waals surface area contributed by atoms with E-state index in [0.717, 1.165) is 54.2 Å². The van der Waals surface area contributed by atoms with Crippen LogP contribution in [0.2, 0.25) is 0 Å². The quantitative estimate of drug-likeness (QED) is 0.471. The molecule has 0 bridgehead atoms. The van der Waals surface area contributed by atoms with Crippen LogP contribution in [-0.4, -0.2) is 29.2 Å². The number of aryl methyl sites for hydroxylation is 1. The molecule has 1 aromatic heterocycles. The molecule has 3 aromatic rings. The lowest BCUT2D eigenvalue weighted by Gasteiger charge is -2.14. The Morgan fingerprint density at radius 3 is 2.50 bits per heavy atom. The predicted octanol–water partition coefficient (Wildman–Crippen LogP) is 4.57. The van der Waals surface area contributed by atoms with E-state index in [9.17, 15) is 4.79 Å². The summed E-state index contributed by atoms with van der Waals surface area (Å²) in [5.74, 6) is 2.49. The lowest BCUT2D eigenvalue weighted by molar-refractivity contribution is -0.125. The highest BCUT2D eigenvalue weighted by molar-refractivity contribution is 5.79. The minimum atomic E-state index is 0.0529. The number of fused-ring (bicyclic) bond motifs is 1. The van der Waals surface area contributed by atoms with Crippen molar-refractivity contribution < 1.29 is 14.3 Å². The molecule has 0 aliphatic heterocycles. The number of carbonyl (C=O) groups excluding carboxylic acids is 1. The standard InChI is InChI=1S/C24H31N3O3/c1-4-18(5-2)24(28)25-17-23-26-19-11-6-7-12-20(19)27(23)15-10-16-30-22-14-9-8-13-21(22)29-3/h6-9,11-14,18H,4-5,10,15-17H2,1-3H3,(H,25,28). The van der Waals surface area contributed by atoms with Crippen molar-refractivity contribution in [2.75, 3.05) is 13.7 Å². The summed E-state index contributed by atoms with van der Waals surface area (Å²) >= 11 is 0. The van der Waals surface area contributed by atoms with Gasteiger partial charge in [0.1, 0.15) is 5.82 Å². The summed E-state index contributed by atoms with van der Waals surface area (Å²) in [7, 11) is 1.64. The molecule has 2 aromatic carbocycles. The van der Waals surface area contributed by atoms with E-state index in [1.807, 2.05) is 56.3 Å². The number of nitrogens with one attached hydrogen (secondary N) is 1. The fourth-order valence-corrected chi connectivity index (χ4v) is 3.62. The third-order valence-corrected chi connectivity index (χ3v) is 5.36. The van der Waals surface area contributed by atoms with Gasteiger partial charge in [0.2, 0.25) is 5.91 Å². The summed E-state index contributed by atoms with van der Waals surface area (Å²) in [6, 6.07) is 15.7. The third kappa shape index (κ3) is 5.12. The lowest BCUT2D eigenvalue weighted by atomic mass is 10.0. The van der Waals surface area contributed by atoms with Gasteiger partial charge in [-0.15, -0.1) is 0 Å². The molecule has 0 atom stereocenters. The molecule has 0 saturated carbocycles. The van der Waals surface area contributed by atoms with Gasteiger partial charge in [-0.25, -0.2) is 4.98 Å². The first-order valence-electron chi connectivity index (χ1n) is 10.7. The molecule has 0 aliphatic carbocycles. The summed E-state index contributed by atoms with van der Waals surface area (Å²) in [4.78, 5) is 17.2. The summed E-state index contributed by atoms with van der Waals surface area (Å²) in [5.41, 5.74) is 2.01. The number of amides is 1. The number of methoxy groups -OCH3 is 1. The van der Waals surface area contributed by atoms with Gasteiger partial charge in [-0.3, -0.25) is 4.79 Å². The van der Waals surface area contributed by atoms with E-state index in [0.29, 0.717) is 13.2 Å². The van der Waals surface area contributed by atoms with Gasteiger partial charge < -0.3 is 19.4 Å². The zero-order valence-electron chi connectivity index (χ0n) is 18.1. The number of aromatic nitrogens is 2. The highest BCUT2D eigenvalue weighted by Crippen LogP contribution is 2.26. The van der Waals surface area contributed by atoms with Gasteiger partial charge in [0, 0.05) is 12.5 Å². The lowest BCUT2D eigenvalue weighted by Crippen LogP contribution is -2.30. The van der Waals surface area contributed by atoms with Crippen LogP contribution >= 0.6 is 0 Å². The maximum atomic E-state index is 12.4. The Hall–Kier alpha value is -3.02. The van der Waals surface area contributed by atoms with Crippen molar-refractivity contribution in [3.05, 3.63) is 54.4 Å². The van der Waals surface area contributed by atoms with E-state index >= 15 is 0 Å². The molecule has 0 fully saturated rings. The average Bonchev–Trinajstić information content (AvgIpc) is 3.14. The van der Waals surface area contributed by atoms with E-state index in [4.69, 9.17) is 14.5 Å². The first-order chi connectivity index (χ1) is 14.7. The van der Waals surface area contributed by atoms with Gasteiger partial charge >= 0.3 is 0 Å². The van der Waals surface area contributed by atoms with Crippen LogP contribution < -0.4 is 14.8 Å². The zero-order chi connectivity index (χ0) is 21.3. The highest BCUT2D eigenvalue weighted by Gasteiger charge is 2.16. The number of benzene rings is 2. The minimum absolute atomic E-state index is 0.0529. The van der Waals surface area contributed by atoms with E-state index in [1.165, 1.54) is 0 Å². The molecule has 1 heterocycles. The Labute approximate surface area is 178 Å². The molecule has 30 heavy (non-hydrogen) atoms. The zero-order valence-corrected chi connectivity index (χ0v) is 18.1. The normalized spacial score (nSPS) is 11.1. The van der Waals surface area contributed by atoms with Gasteiger partial charge in [0.15, 0.2) is 11.5 Å². The molecule has 1 N–H and O–H groups in total. The van der Waals surface area contributed by atoms with Gasteiger partial charge in [0.05, 0.1) is 31.3 Å². The fourth-order valence-electron chi connectivity index (χ4n) is 3.62. The maximum Gasteiger partial charge on any atom is 0.223 e. The van der Waals surface area contributed by atoms with E-state index < -0.39 is 0 Å². The van der Waals surface area contributed by atoms with Crippen LogP contribution in [0.4, 0.5) is 0 Å². The van der Waals surface area contributed by atoms with Crippen LogP contribution in [0.15, 0.2) is 48.5 Å². The van der Waals surface area contributed by atoms with Crippen molar-refractivity contribution in [2.24, 2.45) is 5.92 Å². The monoisotopic (exact) mass is 409 g/mol. The smallest absolute Gasteiger partial charge is 0.223 e. The number of carbonyl (C=O) groups is 1. The fraction of sp³-hybridized carbons (Fsp3) is 0.417. The van der Waals surface area contributed by atoms with Crippen molar-refractivity contribution in [1.29, 1.82) is 0 Å². The number of para-hydroxylation sites is 4. The molecular formula is C24H31N3O3. The van der Waals surface area contributed by atoms with Crippen LogP contribution in [0, 0.1) is 5.92 Å². The SMILES string of the molecule is CCC(CC)C(=O)NCc1nc2ccccc2n1CCCOc1ccccc1OC. The van der Waals surface area contributed by atoms with Gasteiger partial charge in [-0.2, -0.15) is 0 Å². The van der Waals surface area contributed by atoms with Crippen LogP contribution in [0.3, 0.4) is 0 Å². The molecule has 0 spiro atoms. The van der Waals surface area contributed by atoms with Gasteiger partial charge in [-0.05, 0) is 43.5 Å². The number of hydrogen-bond acceptors (Lipinski definition) is 4. The Kier molecular flexibility index (Phi) is 7.71. The van der Waals surface area contributed by atoms with Crippen LogP contribution in [0.25, 0.3) is 11.0 Å². The Morgan fingerprint density at radius 2 is 1.77 bits per heavy atom. The molecule has 1 amide bonds. The second kappa shape index (κ2) is 10.7. The Bertz CT molecular complexity index is 963. The Morgan fingerprint density at radius 1 is 1.07 bits per heavy atom. The number of nitrogens with zero attached hydrogens (tertiary/aromatic N) is 2. The maximum absolute atomic E-state index is 12.4. The van der Waals surface area contributed by atoms with Crippen LogP contribution in [0.1, 0.15) is 38.9 Å². The summed E-state index contributed by atoms with van der Waals surface area (Å²) < 4.78 is 13.4. The average molecular weight is 410 g/mol. The van der Waals surface area contributed by atoms with E-state index in [2.05, 4.69) is 16.0 Å². The second-order valence-corrected chi connectivity index (χ2v) is 7.25. The molecule has 0 radical (unpaired) electrons. The molecule has 6 nitrogen and oxygen atoms in total. The third-order valence-electron chi connectivity index (χ3n) is 5.36. The predicted molar refractivity (Wildman–Crippen MR) is 119 cm³/mol. The van der Waals surface area contributed by atoms with Crippen molar-refractivity contribution in [3.63, 3.8) is 0 Å². The van der Waals surface area contributed by atoms with Crippen molar-refractivity contribution in [1.82, 2.24) is 14.9 Å². The number of hydrogen-bond donors (Lipinski definition) is 1. The first kappa shape index (κ1) is 21.7. The van der Waals surface area contributed by atoms with Gasteiger partial charge in [-0.1, -0.05) is 38.1 Å². The minimum Gasteiger partial charge on any atom is -0.493 e. The molecule has 3 rings (SSSR count). The topological polar surface area (TPSA) is 65.4 Å². The van der Waals surface area contributed by atoms with Gasteiger partial charge in [0.25, 0.3) is 0 Å². The Balaban J connectivity index is 1.66. The molecular weight excluding hydrogens is 378 g/mol. The molecule has 6 heteroatoms. The molecule has 0 saturated heterocycles. The summed E-state index contributed by atoms with van der Waals surface area (Å²) in [6.07, 6.45) is 2.50. The largest absolute Gasteiger partial charge is 0.493 e. The van der Waals surface area contributed by atoms with Crippen LogP contribution in [0.5, 0.6) is 11.5 Å². The van der Waals surface area contributed by atoms with Crippen molar-refractivity contribution >= 4 is 16.9 Å². The number of imidazole rings is 1. The van der Waals surface area contributed by atoms with Crippen molar-refractivity contribution in [2.45, 2.75) is 46.2 Å². The van der Waals surface area contributed by atoms with E-state index in [1.54, 1.807) is 7.11 Å². The molecule has 0 aliphatic rings. The van der Waals surface area contributed by atoms with Crippen molar-refractivity contribution in [3.8, 4) is 11.5 Å². The summed E-state index contributed by atoms with van der Waals surface area (Å²) in [5, 5.41) is 3.06. The second-order valence-electron chi connectivity index (χ2n) is 7.25. The molecule has 0 unspecified atom stereocenters. The summed E-state index contributed by atoms with van der Waals surface area (Å²) in [6.45, 7) is 5.84. The van der Waals surface area contributed by atoms with Crippen LogP contribution in [-0.2, 0) is 17.9 Å². The molecule has 160 valence electrons. The van der Waals surface area contributed by atoms with E-state index in [-0.39, 0.29) is 11.8 Å². The first-order valence-corrected chi connectivity index (χ1v) is 10.7. The number of rotatable bonds is 11.